The van der Waals surface area contributed by atoms with Crippen molar-refractivity contribution >= 4 is 42.3 Å². The van der Waals surface area contributed by atoms with Gasteiger partial charge in [0.05, 0.1) is 6.33 Å². The molecule has 0 bridgehead atoms. The summed E-state index contributed by atoms with van der Waals surface area (Å²) in [7, 11) is 0. The first-order valence-corrected chi connectivity index (χ1v) is 9.26. The van der Waals surface area contributed by atoms with Crippen LogP contribution in [0.1, 0.15) is 37.0 Å². The van der Waals surface area contributed by atoms with Crippen molar-refractivity contribution in [3.05, 3.63) is 48.5 Å². The molecule has 7 nitrogen and oxygen atoms in total. The number of likely N-dealkylation sites (tertiary alicyclic amines) is 1. The number of imidazole rings is 1. The smallest absolute Gasteiger partial charge is 0.253 e. The van der Waals surface area contributed by atoms with Crippen LogP contribution in [0.15, 0.2) is 43.0 Å². The minimum atomic E-state index is -0.104. The lowest BCUT2D eigenvalue weighted by Gasteiger charge is -2.42. The molecule has 3 N–H and O–H groups in total. The van der Waals surface area contributed by atoms with E-state index < -0.39 is 0 Å². The van der Waals surface area contributed by atoms with Crippen molar-refractivity contribution in [3.8, 4) is 0 Å². The Morgan fingerprint density at radius 3 is 2.72 bits per heavy atom. The number of benzene rings is 1. The van der Waals surface area contributed by atoms with Crippen molar-refractivity contribution in [1.82, 2.24) is 14.5 Å². The Labute approximate surface area is 183 Å². The molecule has 1 atom stereocenters. The van der Waals surface area contributed by atoms with E-state index in [1.54, 1.807) is 36.8 Å². The molecule has 0 spiro atoms. The topological polar surface area (TPSA) is 93.2 Å². The normalized spacial score (nSPS) is 17.6. The number of amides is 2. The van der Waals surface area contributed by atoms with Gasteiger partial charge in [-0.2, -0.15) is 0 Å². The number of carbonyl (C=O) groups is 2. The summed E-state index contributed by atoms with van der Waals surface area (Å²) in [6, 6.07) is 7.20. The third-order valence-corrected chi connectivity index (χ3v) is 5.15. The molecule has 1 saturated heterocycles. The number of carbonyl (C=O) groups excluding carboxylic acids is 2. The van der Waals surface area contributed by atoms with E-state index in [9.17, 15) is 9.59 Å². The molecule has 0 radical (unpaired) electrons. The van der Waals surface area contributed by atoms with Crippen molar-refractivity contribution in [3.63, 3.8) is 0 Å². The average Bonchev–Trinajstić information content (AvgIpc) is 3.15. The standard InChI is InChI=1S/C20H27N5O2.2ClH/c1-20(2)13-25(10-6-17(20)21)19(27)15-4-3-5-16(12-15)23-18(26)7-9-24-11-8-22-14-24;;/h3-5,8,11-12,14,17H,6-7,9-10,13,21H2,1-2H3,(H,23,26);2*1H. The minimum Gasteiger partial charge on any atom is -0.338 e. The Hall–Kier alpha value is -2.09. The van der Waals surface area contributed by atoms with Crippen LogP contribution < -0.4 is 11.1 Å². The SMILES string of the molecule is CC1(C)CN(C(=O)c2cccc(NC(=O)CCn3ccnc3)c2)CCC1N.Cl.Cl. The Balaban J connectivity index is 0.00000210. The zero-order chi connectivity index (χ0) is 19.4. The third-order valence-electron chi connectivity index (χ3n) is 5.15. The van der Waals surface area contributed by atoms with Crippen LogP contribution in [0.4, 0.5) is 5.69 Å². The van der Waals surface area contributed by atoms with Crippen molar-refractivity contribution in [2.24, 2.45) is 11.1 Å². The van der Waals surface area contributed by atoms with Gasteiger partial charge in [-0.25, -0.2) is 4.98 Å². The van der Waals surface area contributed by atoms with Crippen LogP contribution >= 0.6 is 24.8 Å². The van der Waals surface area contributed by atoms with Gasteiger partial charge in [0.25, 0.3) is 5.91 Å². The van der Waals surface area contributed by atoms with Crippen molar-refractivity contribution < 1.29 is 9.59 Å². The van der Waals surface area contributed by atoms with Gasteiger partial charge in [-0.3, -0.25) is 9.59 Å². The molecule has 29 heavy (non-hydrogen) atoms. The highest BCUT2D eigenvalue weighted by Crippen LogP contribution is 2.28. The highest BCUT2D eigenvalue weighted by atomic mass is 35.5. The van der Waals surface area contributed by atoms with Crippen LogP contribution in [0.5, 0.6) is 0 Å². The summed E-state index contributed by atoms with van der Waals surface area (Å²) in [5, 5.41) is 2.86. The molecule has 160 valence electrons. The van der Waals surface area contributed by atoms with E-state index >= 15 is 0 Å². The molecule has 3 rings (SSSR count). The maximum Gasteiger partial charge on any atom is 0.253 e. The van der Waals surface area contributed by atoms with Crippen LogP contribution in [0, 0.1) is 5.41 Å². The molecule has 1 aromatic heterocycles. The number of aryl methyl sites for hydroxylation is 1. The summed E-state index contributed by atoms with van der Waals surface area (Å²) in [6.07, 6.45) is 6.31. The van der Waals surface area contributed by atoms with Crippen LogP contribution in [0.2, 0.25) is 0 Å². The number of nitrogens with one attached hydrogen (secondary N) is 1. The zero-order valence-electron chi connectivity index (χ0n) is 16.7. The lowest BCUT2D eigenvalue weighted by Crippen LogP contribution is -2.54. The number of halogens is 2. The van der Waals surface area contributed by atoms with Crippen LogP contribution in [-0.2, 0) is 11.3 Å². The van der Waals surface area contributed by atoms with Gasteiger partial charge in [0, 0.05) is 55.7 Å². The van der Waals surface area contributed by atoms with Crippen molar-refractivity contribution in [2.75, 3.05) is 18.4 Å². The van der Waals surface area contributed by atoms with E-state index in [2.05, 4.69) is 24.1 Å². The number of hydrogen-bond donors (Lipinski definition) is 2. The largest absolute Gasteiger partial charge is 0.338 e. The second-order valence-electron chi connectivity index (χ2n) is 7.79. The van der Waals surface area contributed by atoms with Gasteiger partial charge < -0.3 is 20.5 Å². The third kappa shape index (κ3) is 6.45. The lowest BCUT2D eigenvalue weighted by atomic mass is 9.79. The molecular weight excluding hydrogens is 413 g/mol. The molecule has 1 aliphatic heterocycles. The van der Waals surface area contributed by atoms with Gasteiger partial charge in [0.1, 0.15) is 0 Å². The number of nitrogens with two attached hydrogens (primary N) is 1. The highest BCUT2D eigenvalue weighted by Gasteiger charge is 2.35. The Morgan fingerprint density at radius 1 is 1.31 bits per heavy atom. The second kappa shape index (κ2) is 10.6. The summed E-state index contributed by atoms with van der Waals surface area (Å²) in [4.78, 5) is 30.8. The number of anilines is 1. The Morgan fingerprint density at radius 2 is 2.07 bits per heavy atom. The molecule has 2 amide bonds. The van der Waals surface area contributed by atoms with Gasteiger partial charge in [-0.05, 0) is 30.0 Å². The fraction of sp³-hybridized carbons (Fsp3) is 0.450. The van der Waals surface area contributed by atoms with E-state index in [0.717, 1.165) is 6.42 Å². The molecule has 1 unspecified atom stereocenters. The molecule has 0 aliphatic carbocycles. The molecular formula is C20H29Cl2N5O2. The number of nitrogens with zero attached hydrogens (tertiary/aromatic N) is 3. The first-order chi connectivity index (χ1) is 12.8. The van der Waals surface area contributed by atoms with Gasteiger partial charge in [0.2, 0.25) is 5.91 Å². The maximum absolute atomic E-state index is 12.9. The van der Waals surface area contributed by atoms with Crippen molar-refractivity contribution in [1.29, 1.82) is 0 Å². The number of piperidine rings is 1. The first-order valence-electron chi connectivity index (χ1n) is 9.26. The predicted octanol–water partition coefficient (Wildman–Crippen LogP) is 2.95. The predicted molar refractivity (Wildman–Crippen MR) is 119 cm³/mol. The fourth-order valence-electron chi connectivity index (χ4n) is 3.33. The summed E-state index contributed by atoms with van der Waals surface area (Å²) in [5.41, 5.74) is 7.27. The van der Waals surface area contributed by atoms with Gasteiger partial charge in [-0.15, -0.1) is 24.8 Å². The van der Waals surface area contributed by atoms with E-state index in [-0.39, 0.29) is 48.1 Å². The van der Waals surface area contributed by atoms with Crippen LogP contribution in [-0.4, -0.2) is 45.4 Å². The number of rotatable bonds is 5. The van der Waals surface area contributed by atoms with Crippen LogP contribution in [0.25, 0.3) is 0 Å². The Bertz CT molecular complexity index is 811. The van der Waals surface area contributed by atoms with Gasteiger partial charge in [-0.1, -0.05) is 19.9 Å². The summed E-state index contributed by atoms with van der Waals surface area (Å²) in [5.74, 6) is -0.122. The van der Waals surface area contributed by atoms with Gasteiger partial charge >= 0.3 is 0 Å². The quantitative estimate of drug-likeness (QED) is 0.745. The summed E-state index contributed by atoms with van der Waals surface area (Å²) >= 11 is 0. The molecule has 0 saturated carbocycles. The summed E-state index contributed by atoms with van der Waals surface area (Å²) < 4.78 is 1.85. The first kappa shape index (κ1) is 24.9. The molecule has 1 aliphatic rings. The molecule has 1 fully saturated rings. The monoisotopic (exact) mass is 441 g/mol. The number of aromatic nitrogens is 2. The van der Waals surface area contributed by atoms with E-state index in [1.807, 2.05) is 15.7 Å². The molecule has 1 aromatic carbocycles. The molecule has 2 aromatic rings. The maximum atomic E-state index is 12.9. The lowest BCUT2D eigenvalue weighted by molar-refractivity contribution is -0.116. The number of hydrogen-bond acceptors (Lipinski definition) is 4. The van der Waals surface area contributed by atoms with E-state index in [0.29, 0.717) is 37.3 Å². The minimum absolute atomic E-state index is 0. The zero-order valence-corrected chi connectivity index (χ0v) is 18.3. The highest BCUT2D eigenvalue weighted by molar-refractivity contribution is 5.97. The molecule has 9 heteroatoms. The van der Waals surface area contributed by atoms with E-state index in [1.165, 1.54) is 0 Å². The fourth-order valence-corrected chi connectivity index (χ4v) is 3.33. The molecule has 2 heterocycles. The van der Waals surface area contributed by atoms with Gasteiger partial charge in [0.15, 0.2) is 0 Å². The van der Waals surface area contributed by atoms with Crippen LogP contribution in [0.3, 0.4) is 0 Å². The van der Waals surface area contributed by atoms with E-state index in [4.69, 9.17) is 5.73 Å². The average molecular weight is 442 g/mol. The van der Waals surface area contributed by atoms with Crippen molar-refractivity contribution in [2.45, 2.75) is 39.3 Å². The summed E-state index contributed by atoms with van der Waals surface area (Å²) in [6.45, 7) is 6.04. The Kier molecular flexibility index (Phi) is 9.14. The second-order valence-corrected chi connectivity index (χ2v) is 7.79.